The van der Waals surface area contributed by atoms with Crippen molar-refractivity contribution < 1.29 is 4.74 Å². The molecule has 0 aromatic heterocycles. The van der Waals surface area contributed by atoms with E-state index < -0.39 is 0 Å². The average molecular weight is 298 g/mol. The number of rotatable bonds is 5. The van der Waals surface area contributed by atoms with E-state index in [4.69, 9.17) is 10.6 Å². The molecule has 3 N–H and O–H groups in total. The molecule has 2 bridgehead atoms. The number of ether oxygens (including phenoxy) is 1. The van der Waals surface area contributed by atoms with Crippen LogP contribution in [0.5, 0.6) is 0 Å². The summed E-state index contributed by atoms with van der Waals surface area (Å²) in [5.74, 6) is 6.91. The van der Waals surface area contributed by atoms with Gasteiger partial charge in [0.1, 0.15) is 5.76 Å². The van der Waals surface area contributed by atoms with Gasteiger partial charge in [0.05, 0.1) is 12.3 Å². The third-order valence-electron chi connectivity index (χ3n) is 3.29. The second kappa shape index (κ2) is 7.56. The number of nitrogens with two attached hydrogens (primary N) is 1. The van der Waals surface area contributed by atoms with Crippen LogP contribution in [0.25, 0.3) is 0 Å². The first-order valence-electron chi connectivity index (χ1n) is 7.33. The summed E-state index contributed by atoms with van der Waals surface area (Å²) in [4.78, 5) is 0. The SMILES string of the molecule is CCOC1=CC=C(N=NC(NN)=C(C)C)C2=CC=CC=C1C2. The normalized spacial score (nSPS) is 16.9. The van der Waals surface area contributed by atoms with Crippen LogP contribution in [0.1, 0.15) is 27.2 Å². The molecule has 0 aromatic carbocycles. The minimum absolute atomic E-state index is 0.569. The van der Waals surface area contributed by atoms with E-state index in [0.29, 0.717) is 12.4 Å². The zero-order valence-corrected chi connectivity index (χ0v) is 13.3. The van der Waals surface area contributed by atoms with Crippen molar-refractivity contribution in [2.45, 2.75) is 27.2 Å². The molecule has 5 heteroatoms. The van der Waals surface area contributed by atoms with Gasteiger partial charge in [0.25, 0.3) is 0 Å². The molecule has 0 radical (unpaired) electrons. The van der Waals surface area contributed by atoms with Crippen LogP contribution in [0, 0.1) is 0 Å². The number of allylic oxidation sites excluding steroid dienone is 9. The lowest BCUT2D eigenvalue weighted by atomic mass is 10.0. The fourth-order valence-electron chi connectivity index (χ4n) is 2.15. The Morgan fingerprint density at radius 2 is 1.91 bits per heavy atom. The summed E-state index contributed by atoms with van der Waals surface area (Å²) < 4.78 is 5.71. The highest BCUT2D eigenvalue weighted by atomic mass is 16.5. The van der Waals surface area contributed by atoms with Crippen LogP contribution in [0.15, 0.2) is 80.7 Å². The summed E-state index contributed by atoms with van der Waals surface area (Å²) in [5, 5.41) is 8.55. The molecule has 0 fully saturated rings. The maximum atomic E-state index is 5.71. The van der Waals surface area contributed by atoms with Crippen molar-refractivity contribution >= 4 is 0 Å². The molecule has 0 unspecified atom stereocenters. The number of nitrogens with one attached hydrogen (secondary N) is 1. The van der Waals surface area contributed by atoms with Crippen LogP contribution in [0.4, 0.5) is 0 Å². The van der Waals surface area contributed by atoms with Gasteiger partial charge in [-0.2, -0.15) is 0 Å². The van der Waals surface area contributed by atoms with Gasteiger partial charge < -0.3 is 10.2 Å². The van der Waals surface area contributed by atoms with Crippen molar-refractivity contribution in [3.8, 4) is 0 Å². The van der Waals surface area contributed by atoms with Crippen LogP contribution in [-0.4, -0.2) is 6.61 Å². The van der Waals surface area contributed by atoms with E-state index >= 15 is 0 Å². The van der Waals surface area contributed by atoms with Crippen molar-refractivity contribution in [3.05, 3.63) is 70.5 Å². The first-order valence-corrected chi connectivity index (χ1v) is 7.33. The molecule has 0 saturated heterocycles. The molecular weight excluding hydrogens is 276 g/mol. The Balaban J connectivity index is 2.36. The lowest BCUT2D eigenvalue weighted by Gasteiger charge is -2.10. The van der Waals surface area contributed by atoms with Gasteiger partial charge in [-0.3, -0.25) is 0 Å². The molecule has 5 nitrogen and oxygen atoms in total. The predicted molar refractivity (Wildman–Crippen MR) is 88.3 cm³/mol. The number of nitrogens with zero attached hydrogens (tertiary/aromatic N) is 2. The van der Waals surface area contributed by atoms with E-state index in [1.807, 2.05) is 45.1 Å². The Morgan fingerprint density at radius 1 is 1.18 bits per heavy atom. The Morgan fingerprint density at radius 3 is 2.55 bits per heavy atom. The second-order valence-electron chi connectivity index (χ2n) is 5.15. The van der Waals surface area contributed by atoms with Gasteiger partial charge in [0, 0.05) is 6.42 Å². The number of azo groups is 1. The molecular formula is C17H22N4O. The smallest absolute Gasteiger partial charge is 0.161 e. The fraction of sp³-hybridized carbons (Fsp3) is 0.294. The van der Waals surface area contributed by atoms with Crippen molar-refractivity contribution in [1.82, 2.24) is 5.43 Å². The molecule has 0 aliphatic heterocycles. The molecule has 22 heavy (non-hydrogen) atoms. The highest BCUT2D eigenvalue weighted by Gasteiger charge is 2.16. The second-order valence-corrected chi connectivity index (χ2v) is 5.15. The van der Waals surface area contributed by atoms with Gasteiger partial charge >= 0.3 is 0 Å². The summed E-state index contributed by atoms with van der Waals surface area (Å²) >= 11 is 0. The molecule has 0 atom stereocenters. The molecule has 0 spiro atoms. The van der Waals surface area contributed by atoms with E-state index in [9.17, 15) is 0 Å². The van der Waals surface area contributed by atoms with Gasteiger partial charge in [-0.1, -0.05) is 24.3 Å². The Bertz CT molecular complexity index is 642. The molecule has 2 aliphatic rings. The monoisotopic (exact) mass is 298 g/mol. The van der Waals surface area contributed by atoms with E-state index in [1.165, 1.54) is 0 Å². The van der Waals surface area contributed by atoms with Gasteiger partial charge in [0.15, 0.2) is 5.82 Å². The lowest BCUT2D eigenvalue weighted by Crippen LogP contribution is -2.20. The quantitative estimate of drug-likeness (QED) is 0.461. The standard InChI is InChI=1S/C17H22N4O/c1-4-22-16-10-9-15(20-21-17(19-18)12(2)3)13-7-5-6-8-14(16)11-13/h5-10,19H,4,11,18H2,1-3H3. The lowest BCUT2D eigenvalue weighted by molar-refractivity contribution is 0.237. The topological polar surface area (TPSA) is 72.0 Å². The van der Waals surface area contributed by atoms with Crippen molar-refractivity contribution in [1.29, 1.82) is 0 Å². The largest absolute Gasteiger partial charge is 0.494 e. The van der Waals surface area contributed by atoms with Crippen molar-refractivity contribution in [2.75, 3.05) is 6.61 Å². The molecule has 0 heterocycles. The Kier molecular flexibility index (Phi) is 5.49. The predicted octanol–water partition coefficient (Wildman–Crippen LogP) is 3.78. The van der Waals surface area contributed by atoms with Crippen LogP contribution >= 0.6 is 0 Å². The third kappa shape index (κ3) is 3.83. The van der Waals surface area contributed by atoms with E-state index in [2.05, 4.69) is 27.8 Å². The Hall–Kier alpha value is -2.40. The van der Waals surface area contributed by atoms with Gasteiger partial charge in [-0.15, -0.1) is 10.2 Å². The molecule has 116 valence electrons. The summed E-state index contributed by atoms with van der Waals surface area (Å²) in [6.45, 7) is 6.47. The summed E-state index contributed by atoms with van der Waals surface area (Å²) in [7, 11) is 0. The molecule has 2 rings (SSSR count). The zero-order valence-electron chi connectivity index (χ0n) is 13.3. The number of hydrogen-bond acceptors (Lipinski definition) is 5. The number of fused-ring (bicyclic) bond motifs is 2. The number of hydrazine groups is 1. The van der Waals surface area contributed by atoms with Crippen LogP contribution in [-0.2, 0) is 4.74 Å². The maximum Gasteiger partial charge on any atom is 0.161 e. The summed E-state index contributed by atoms with van der Waals surface area (Å²) in [5.41, 5.74) is 6.58. The van der Waals surface area contributed by atoms with Gasteiger partial charge in [0.2, 0.25) is 0 Å². The van der Waals surface area contributed by atoms with E-state index in [0.717, 1.165) is 34.6 Å². The molecule has 0 amide bonds. The first kappa shape index (κ1) is 16.0. The van der Waals surface area contributed by atoms with Gasteiger partial charge in [-0.05, 0) is 49.6 Å². The fourth-order valence-corrected chi connectivity index (χ4v) is 2.15. The maximum absolute atomic E-state index is 5.71. The molecule has 0 saturated carbocycles. The molecule has 2 aliphatic carbocycles. The van der Waals surface area contributed by atoms with Gasteiger partial charge in [-0.25, -0.2) is 5.84 Å². The number of hydrogen-bond donors (Lipinski definition) is 2. The van der Waals surface area contributed by atoms with Crippen molar-refractivity contribution in [3.63, 3.8) is 0 Å². The molecule has 0 aromatic rings. The van der Waals surface area contributed by atoms with E-state index in [-0.39, 0.29) is 0 Å². The first-order chi connectivity index (χ1) is 10.7. The highest BCUT2D eigenvalue weighted by molar-refractivity contribution is 5.49. The minimum Gasteiger partial charge on any atom is -0.494 e. The van der Waals surface area contributed by atoms with Crippen LogP contribution < -0.4 is 11.3 Å². The Labute approximate surface area is 131 Å². The third-order valence-corrected chi connectivity index (χ3v) is 3.29. The van der Waals surface area contributed by atoms with Crippen LogP contribution in [0.3, 0.4) is 0 Å². The zero-order chi connectivity index (χ0) is 15.9. The minimum atomic E-state index is 0.569. The average Bonchev–Trinajstić information content (AvgIpc) is 2.83. The van der Waals surface area contributed by atoms with Crippen LogP contribution in [0.2, 0.25) is 0 Å². The van der Waals surface area contributed by atoms with Crippen molar-refractivity contribution in [2.24, 2.45) is 16.1 Å². The summed E-state index contributed by atoms with van der Waals surface area (Å²) in [6, 6.07) is 0. The highest BCUT2D eigenvalue weighted by Crippen LogP contribution is 2.31. The van der Waals surface area contributed by atoms with E-state index in [1.54, 1.807) is 0 Å². The summed E-state index contributed by atoms with van der Waals surface area (Å²) in [6.07, 6.45) is 12.8.